The largest absolute Gasteiger partial charge is 0.406 e. The van der Waals surface area contributed by atoms with Crippen LogP contribution in [0, 0.1) is 15.5 Å². The van der Waals surface area contributed by atoms with Crippen LogP contribution in [0.2, 0.25) is 0 Å². The lowest BCUT2D eigenvalue weighted by Gasteiger charge is -2.15. The molecule has 0 radical (unpaired) electrons. The van der Waals surface area contributed by atoms with Gasteiger partial charge >= 0.3 is 5.97 Å². The predicted octanol–water partition coefficient (Wildman–Crippen LogP) is 2.94. The quantitative estimate of drug-likeness (QED) is 0.359. The van der Waals surface area contributed by atoms with Gasteiger partial charge in [0.15, 0.2) is 5.70 Å². The Labute approximate surface area is 115 Å². The van der Waals surface area contributed by atoms with Crippen LogP contribution in [-0.2, 0) is 9.53 Å². The van der Waals surface area contributed by atoms with Crippen LogP contribution >= 0.6 is 0 Å². The van der Waals surface area contributed by atoms with Crippen molar-refractivity contribution in [3.63, 3.8) is 0 Å². The summed E-state index contributed by atoms with van der Waals surface area (Å²) >= 11 is 0. The maximum atomic E-state index is 11.7. The Balaban J connectivity index is 2.36. The summed E-state index contributed by atoms with van der Waals surface area (Å²) in [6, 6.07) is 5.99. The van der Waals surface area contributed by atoms with Gasteiger partial charge in [-0.15, -0.1) is 0 Å². The minimum Gasteiger partial charge on any atom is -0.406 e. The lowest BCUT2D eigenvalue weighted by atomic mass is 9.97. The SMILES string of the molecule is CC(C)(C)C1=N/C(=C\c2cccc([N+](=O)[O-])c2)C(=O)O1. The zero-order chi connectivity index (χ0) is 14.9. The Morgan fingerprint density at radius 2 is 2.05 bits per heavy atom. The summed E-state index contributed by atoms with van der Waals surface area (Å²) in [6.45, 7) is 5.65. The zero-order valence-electron chi connectivity index (χ0n) is 11.4. The number of hydrogen-bond acceptors (Lipinski definition) is 5. The summed E-state index contributed by atoms with van der Waals surface area (Å²) in [5.41, 5.74) is 0.278. The molecule has 104 valence electrons. The van der Waals surface area contributed by atoms with Gasteiger partial charge in [-0.3, -0.25) is 10.1 Å². The second-order valence-corrected chi connectivity index (χ2v) is 5.44. The normalized spacial score (nSPS) is 17.1. The summed E-state index contributed by atoms with van der Waals surface area (Å²) in [5.74, 6) is -0.194. The smallest absolute Gasteiger partial charge is 0.363 e. The molecule has 2 rings (SSSR count). The minimum atomic E-state index is -0.540. The first-order chi connectivity index (χ1) is 9.27. The maximum Gasteiger partial charge on any atom is 0.363 e. The molecule has 0 saturated carbocycles. The van der Waals surface area contributed by atoms with E-state index in [0.717, 1.165) is 0 Å². The van der Waals surface area contributed by atoms with E-state index in [-0.39, 0.29) is 16.8 Å². The van der Waals surface area contributed by atoms with Gasteiger partial charge in [0.05, 0.1) is 4.92 Å². The van der Waals surface area contributed by atoms with Crippen molar-refractivity contribution in [2.24, 2.45) is 10.4 Å². The van der Waals surface area contributed by atoms with Crippen molar-refractivity contribution in [2.45, 2.75) is 20.8 Å². The zero-order valence-corrected chi connectivity index (χ0v) is 11.4. The number of benzene rings is 1. The van der Waals surface area contributed by atoms with Gasteiger partial charge in [-0.2, -0.15) is 0 Å². The molecule has 0 N–H and O–H groups in total. The van der Waals surface area contributed by atoms with Gasteiger partial charge in [-0.1, -0.05) is 32.9 Å². The topological polar surface area (TPSA) is 81.8 Å². The summed E-state index contributed by atoms with van der Waals surface area (Å²) in [4.78, 5) is 26.1. The van der Waals surface area contributed by atoms with Crippen LogP contribution in [-0.4, -0.2) is 16.8 Å². The maximum absolute atomic E-state index is 11.7. The first-order valence-electron chi connectivity index (χ1n) is 6.05. The number of esters is 1. The fraction of sp³-hybridized carbons (Fsp3) is 0.286. The van der Waals surface area contributed by atoms with Crippen LogP contribution < -0.4 is 0 Å². The van der Waals surface area contributed by atoms with Gasteiger partial charge in [-0.05, 0) is 11.6 Å². The molecule has 1 heterocycles. The summed E-state index contributed by atoms with van der Waals surface area (Å²) in [6.07, 6.45) is 1.48. The lowest BCUT2D eigenvalue weighted by Crippen LogP contribution is -2.21. The average molecular weight is 274 g/mol. The third-order valence-corrected chi connectivity index (χ3v) is 2.65. The van der Waals surface area contributed by atoms with Crippen LogP contribution in [0.15, 0.2) is 35.0 Å². The Bertz CT molecular complexity index is 639. The van der Waals surface area contributed by atoms with Gasteiger partial charge in [0.2, 0.25) is 5.90 Å². The molecule has 0 atom stereocenters. The number of hydrogen-bond donors (Lipinski definition) is 0. The monoisotopic (exact) mass is 274 g/mol. The van der Waals surface area contributed by atoms with Crippen molar-refractivity contribution in [1.82, 2.24) is 0 Å². The number of aliphatic imine (C=N–C) groups is 1. The van der Waals surface area contributed by atoms with E-state index in [9.17, 15) is 14.9 Å². The van der Waals surface area contributed by atoms with Gasteiger partial charge in [-0.25, -0.2) is 9.79 Å². The second kappa shape index (κ2) is 4.88. The van der Waals surface area contributed by atoms with E-state index in [4.69, 9.17) is 4.74 Å². The van der Waals surface area contributed by atoms with Gasteiger partial charge in [0.25, 0.3) is 5.69 Å². The van der Waals surface area contributed by atoms with Gasteiger partial charge in [0.1, 0.15) is 0 Å². The molecule has 20 heavy (non-hydrogen) atoms. The highest BCUT2D eigenvalue weighted by molar-refractivity contribution is 6.08. The fourth-order valence-electron chi connectivity index (χ4n) is 1.62. The van der Waals surface area contributed by atoms with E-state index >= 15 is 0 Å². The van der Waals surface area contributed by atoms with E-state index < -0.39 is 10.9 Å². The average Bonchev–Trinajstić information content (AvgIpc) is 2.71. The summed E-state index contributed by atoms with van der Waals surface area (Å²) in [7, 11) is 0. The van der Waals surface area contributed by atoms with Crippen molar-refractivity contribution in [1.29, 1.82) is 0 Å². The van der Waals surface area contributed by atoms with Crippen molar-refractivity contribution in [3.8, 4) is 0 Å². The molecule has 0 aromatic heterocycles. The number of ether oxygens (including phenoxy) is 1. The number of nitro groups is 1. The summed E-state index contributed by atoms with van der Waals surface area (Å²) in [5, 5.41) is 10.7. The van der Waals surface area contributed by atoms with E-state index in [0.29, 0.717) is 11.5 Å². The number of nitrogens with zero attached hydrogens (tertiary/aromatic N) is 2. The van der Waals surface area contributed by atoms with E-state index in [1.807, 2.05) is 20.8 Å². The van der Waals surface area contributed by atoms with Crippen molar-refractivity contribution < 1.29 is 14.5 Å². The van der Waals surface area contributed by atoms with Crippen molar-refractivity contribution >= 4 is 23.6 Å². The van der Waals surface area contributed by atoms with Crippen molar-refractivity contribution in [2.75, 3.05) is 0 Å². The van der Waals surface area contributed by atoms with E-state index in [2.05, 4.69) is 4.99 Å². The molecular weight excluding hydrogens is 260 g/mol. The number of carbonyl (C=O) groups excluding carboxylic acids is 1. The first kappa shape index (κ1) is 13.9. The van der Waals surface area contributed by atoms with Crippen molar-refractivity contribution in [3.05, 3.63) is 45.6 Å². The highest BCUT2D eigenvalue weighted by Crippen LogP contribution is 2.26. The Kier molecular flexibility index (Phi) is 3.40. The molecule has 1 aromatic carbocycles. The number of cyclic esters (lactones) is 1. The second-order valence-electron chi connectivity index (χ2n) is 5.44. The third-order valence-electron chi connectivity index (χ3n) is 2.65. The molecule has 0 spiro atoms. The molecular formula is C14H14N2O4. The van der Waals surface area contributed by atoms with Crippen LogP contribution in [0.1, 0.15) is 26.3 Å². The third kappa shape index (κ3) is 2.90. The molecule has 0 bridgehead atoms. The molecule has 0 saturated heterocycles. The fourth-order valence-corrected chi connectivity index (χ4v) is 1.62. The van der Waals surface area contributed by atoms with Crippen LogP contribution in [0.25, 0.3) is 6.08 Å². The number of rotatable bonds is 2. The Hall–Kier alpha value is -2.50. The number of carbonyl (C=O) groups is 1. The molecule has 1 aliphatic rings. The Morgan fingerprint density at radius 1 is 1.35 bits per heavy atom. The highest BCUT2D eigenvalue weighted by atomic mass is 16.6. The molecule has 0 aliphatic carbocycles. The molecule has 6 heteroatoms. The minimum absolute atomic E-state index is 0.0364. The molecule has 0 fully saturated rings. The lowest BCUT2D eigenvalue weighted by molar-refractivity contribution is -0.384. The van der Waals surface area contributed by atoms with Crippen LogP contribution in [0.3, 0.4) is 0 Å². The van der Waals surface area contributed by atoms with Gasteiger partial charge in [0, 0.05) is 17.5 Å². The molecule has 0 unspecified atom stereocenters. The Morgan fingerprint density at radius 3 is 2.60 bits per heavy atom. The van der Waals surface area contributed by atoms with Crippen LogP contribution in [0.5, 0.6) is 0 Å². The van der Waals surface area contributed by atoms with E-state index in [1.165, 1.54) is 18.2 Å². The number of nitro benzene ring substituents is 1. The van der Waals surface area contributed by atoms with E-state index in [1.54, 1.807) is 12.1 Å². The summed E-state index contributed by atoms with van der Waals surface area (Å²) < 4.78 is 5.10. The number of non-ortho nitro benzene ring substituents is 1. The molecule has 1 aliphatic heterocycles. The molecule has 0 amide bonds. The molecule has 6 nitrogen and oxygen atoms in total. The first-order valence-corrected chi connectivity index (χ1v) is 6.05. The van der Waals surface area contributed by atoms with Crippen LogP contribution in [0.4, 0.5) is 5.69 Å². The predicted molar refractivity (Wildman–Crippen MR) is 74.1 cm³/mol. The molecule has 1 aromatic rings. The van der Waals surface area contributed by atoms with Gasteiger partial charge < -0.3 is 4.74 Å². The highest BCUT2D eigenvalue weighted by Gasteiger charge is 2.31. The standard InChI is InChI=1S/C14H14N2O4/c1-14(2,3)13-15-11(12(17)20-13)8-9-5-4-6-10(7-9)16(18)19/h4-8H,1-3H3/b11-8-.